The predicted octanol–water partition coefficient (Wildman–Crippen LogP) is 5.51. The van der Waals surface area contributed by atoms with Crippen molar-refractivity contribution in [2.75, 3.05) is 25.9 Å². The van der Waals surface area contributed by atoms with E-state index in [1.54, 1.807) is 47.8 Å². The second kappa shape index (κ2) is 9.23. The van der Waals surface area contributed by atoms with Crippen molar-refractivity contribution in [3.05, 3.63) is 59.7 Å². The number of alkyl halides is 2. The number of hydrogen-bond acceptors (Lipinski definition) is 3. The van der Waals surface area contributed by atoms with Crippen LogP contribution in [0.2, 0.25) is 0 Å². The highest BCUT2D eigenvalue weighted by Crippen LogP contribution is 2.30. The average Bonchev–Trinajstić information content (AvgIpc) is 2.64. The molecule has 0 aliphatic heterocycles. The number of ketones is 1. The van der Waals surface area contributed by atoms with Crippen LogP contribution in [0.5, 0.6) is 0 Å². The molecule has 0 saturated carbocycles. The molecule has 1 nitrogen and oxygen atoms in total. The molecule has 2 atom stereocenters. The van der Waals surface area contributed by atoms with E-state index in [9.17, 15) is 13.6 Å². The zero-order valence-electron chi connectivity index (χ0n) is 13.7. The summed E-state index contributed by atoms with van der Waals surface area (Å²) in [7, 11) is 0. The number of Topliss-reactive ketones (excluding diaryl/α,β-unsaturated/α-hetero) is 1. The van der Waals surface area contributed by atoms with Gasteiger partial charge in [0.05, 0.1) is 11.8 Å². The van der Waals surface area contributed by atoms with Crippen LogP contribution in [0, 0.1) is 0 Å². The van der Waals surface area contributed by atoms with Gasteiger partial charge in [-0.25, -0.2) is 8.78 Å². The Morgan fingerprint density at radius 3 is 1.38 bits per heavy atom. The van der Waals surface area contributed by atoms with E-state index in [1.807, 2.05) is 36.8 Å². The maximum absolute atomic E-state index is 13.6. The van der Waals surface area contributed by atoms with Gasteiger partial charge in [-0.3, -0.25) is 4.79 Å². The highest BCUT2D eigenvalue weighted by Gasteiger charge is 2.29. The maximum Gasteiger partial charge on any atom is 0.153 e. The van der Waals surface area contributed by atoms with Crippen LogP contribution < -0.4 is 0 Å². The topological polar surface area (TPSA) is 17.1 Å². The molecule has 0 bridgehead atoms. The third-order valence-corrected chi connectivity index (χ3v) is 5.52. The average molecular weight is 366 g/mol. The van der Waals surface area contributed by atoms with Crippen LogP contribution in [-0.4, -0.2) is 31.6 Å². The van der Waals surface area contributed by atoms with Crippen LogP contribution in [0.1, 0.15) is 23.0 Å². The third-order valence-electron chi connectivity index (χ3n) is 4.03. The predicted molar refractivity (Wildman–Crippen MR) is 98.9 cm³/mol. The fraction of sp³-hybridized carbons (Fsp3) is 0.316. The van der Waals surface area contributed by atoms with Gasteiger partial charge in [0.25, 0.3) is 0 Å². The van der Waals surface area contributed by atoms with Crippen molar-refractivity contribution >= 4 is 29.3 Å². The summed E-state index contributed by atoms with van der Waals surface area (Å²) in [5.41, 5.74) is 1.19. The molecular formula is C19H20F2OS2. The minimum atomic E-state index is -0.929. The molecule has 5 heteroatoms. The second-order valence-electron chi connectivity index (χ2n) is 5.36. The Kier molecular flexibility index (Phi) is 7.31. The SMILES string of the molecule is CSc1ccc(C(CF)C(=O)C(CF)c2ccc(SC)cc2)cc1. The van der Waals surface area contributed by atoms with Crippen molar-refractivity contribution in [1.82, 2.24) is 0 Å². The summed E-state index contributed by atoms with van der Waals surface area (Å²) >= 11 is 3.15. The molecule has 0 spiro atoms. The van der Waals surface area contributed by atoms with E-state index < -0.39 is 31.0 Å². The zero-order chi connectivity index (χ0) is 17.5. The van der Waals surface area contributed by atoms with Crippen molar-refractivity contribution in [2.45, 2.75) is 21.6 Å². The normalized spacial score (nSPS) is 13.5. The maximum atomic E-state index is 13.6. The molecule has 0 aromatic heterocycles. The Bertz CT molecular complexity index is 599. The van der Waals surface area contributed by atoms with E-state index in [-0.39, 0.29) is 0 Å². The summed E-state index contributed by atoms with van der Waals surface area (Å²) in [6.07, 6.45) is 3.90. The molecule has 2 unspecified atom stereocenters. The van der Waals surface area contributed by atoms with Gasteiger partial charge in [-0.1, -0.05) is 24.3 Å². The van der Waals surface area contributed by atoms with Crippen LogP contribution in [-0.2, 0) is 4.79 Å². The number of rotatable bonds is 8. The number of hydrogen-bond donors (Lipinski definition) is 0. The van der Waals surface area contributed by atoms with Crippen molar-refractivity contribution < 1.29 is 13.6 Å². The lowest BCUT2D eigenvalue weighted by molar-refractivity contribution is -0.122. The number of halogens is 2. The Hall–Kier alpha value is -1.33. The monoisotopic (exact) mass is 366 g/mol. The number of thioether (sulfide) groups is 2. The molecule has 0 fully saturated rings. The first-order valence-electron chi connectivity index (χ1n) is 7.58. The van der Waals surface area contributed by atoms with Gasteiger partial charge in [0, 0.05) is 9.79 Å². The molecule has 0 saturated heterocycles. The molecule has 0 N–H and O–H groups in total. The van der Waals surface area contributed by atoms with Crippen LogP contribution in [0.25, 0.3) is 0 Å². The van der Waals surface area contributed by atoms with Crippen molar-refractivity contribution in [2.24, 2.45) is 0 Å². The number of carbonyl (C=O) groups excluding carboxylic acids is 1. The molecule has 2 aromatic rings. The fourth-order valence-corrected chi connectivity index (χ4v) is 3.39. The molecule has 2 rings (SSSR count). The number of benzene rings is 2. The first-order chi connectivity index (χ1) is 11.6. The van der Waals surface area contributed by atoms with Crippen LogP contribution in [0.3, 0.4) is 0 Å². The van der Waals surface area contributed by atoms with Crippen LogP contribution >= 0.6 is 23.5 Å². The largest absolute Gasteiger partial charge is 0.298 e. The summed E-state index contributed by atoms with van der Waals surface area (Å²) in [5.74, 6) is -2.27. The minimum absolute atomic E-state index is 0.409. The molecule has 24 heavy (non-hydrogen) atoms. The minimum Gasteiger partial charge on any atom is -0.298 e. The fourth-order valence-electron chi connectivity index (χ4n) is 2.57. The molecular weight excluding hydrogens is 346 g/mol. The Balaban J connectivity index is 2.25. The lowest BCUT2D eigenvalue weighted by atomic mass is 9.85. The highest BCUT2D eigenvalue weighted by molar-refractivity contribution is 7.98. The summed E-state index contributed by atoms with van der Waals surface area (Å²) < 4.78 is 27.1. The van der Waals surface area contributed by atoms with Gasteiger partial charge in [0.1, 0.15) is 13.3 Å². The summed E-state index contributed by atoms with van der Waals surface area (Å²) in [5, 5.41) is 0. The van der Waals surface area contributed by atoms with E-state index in [1.165, 1.54) is 0 Å². The van der Waals surface area contributed by atoms with Gasteiger partial charge < -0.3 is 0 Å². The summed E-state index contributed by atoms with van der Waals surface area (Å²) in [6, 6.07) is 14.4. The van der Waals surface area contributed by atoms with Crippen molar-refractivity contribution in [3.63, 3.8) is 0 Å². The summed E-state index contributed by atoms with van der Waals surface area (Å²) in [6.45, 7) is -1.65. The molecule has 0 radical (unpaired) electrons. The van der Waals surface area contributed by atoms with Gasteiger partial charge in [-0.05, 0) is 47.9 Å². The molecule has 128 valence electrons. The van der Waals surface area contributed by atoms with E-state index in [4.69, 9.17) is 0 Å². The van der Waals surface area contributed by atoms with E-state index in [2.05, 4.69) is 0 Å². The van der Waals surface area contributed by atoms with Crippen molar-refractivity contribution in [3.8, 4) is 0 Å². The van der Waals surface area contributed by atoms with E-state index in [0.29, 0.717) is 11.1 Å². The standard InChI is InChI=1S/C19H20F2OS2/c1-23-15-7-3-13(4-8-15)17(11-20)19(22)18(12-21)14-5-9-16(24-2)10-6-14/h3-10,17-18H,11-12H2,1-2H3. The van der Waals surface area contributed by atoms with Gasteiger partial charge in [0.15, 0.2) is 5.78 Å². The molecule has 0 aliphatic rings. The summed E-state index contributed by atoms with van der Waals surface area (Å²) in [4.78, 5) is 14.8. The van der Waals surface area contributed by atoms with Gasteiger partial charge in [-0.2, -0.15) is 0 Å². The first kappa shape index (κ1) is 19.0. The molecule has 0 heterocycles. The first-order valence-corrected chi connectivity index (χ1v) is 10.0. The lowest BCUT2D eigenvalue weighted by Gasteiger charge is -2.19. The van der Waals surface area contributed by atoms with Crippen LogP contribution in [0.4, 0.5) is 8.78 Å². The molecule has 0 aliphatic carbocycles. The van der Waals surface area contributed by atoms with Gasteiger partial charge >= 0.3 is 0 Å². The Morgan fingerprint density at radius 1 is 0.792 bits per heavy atom. The van der Waals surface area contributed by atoms with Gasteiger partial charge in [0.2, 0.25) is 0 Å². The second-order valence-corrected chi connectivity index (χ2v) is 7.12. The van der Waals surface area contributed by atoms with Crippen molar-refractivity contribution in [1.29, 1.82) is 0 Å². The lowest BCUT2D eigenvalue weighted by Crippen LogP contribution is -2.23. The zero-order valence-corrected chi connectivity index (χ0v) is 15.3. The quantitative estimate of drug-likeness (QED) is 0.574. The van der Waals surface area contributed by atoms with Gasteiger partial charge in [-0.15, -0.1) is 23.5 Å². The molecule has 2 aromatic carbocycles. The number of carbonyl (C=O) groups is 1. The Morgan fingerprint density at radius 2 is 1.12 bits per heavy atom. The Labute approximate surface area is 150 Å². The van der Waals surface area contributed by atoms with E-state index >= 15 is 0 Å². The molecule has 0 amide bonds. The van der Waals surface area contributed by atoms with Crippen LogP contribution in [0.15, 0.2) is 58.3 Å². The highest BCUT2D eigenvalue weighted by atomic mass is 32.2. The third kappa shape index (κ3) is 4.39. The smallest absolute Gasteiger partial charge is 0.153 e. The van der Waals surface area contributed by atoms with E-state index in [0.717, 1.165) is 9.79 Å².